The van der Waals surface area contributed by atoms with Crippen LogP contribution in [-0.4, -0.2) is 34.9 Å². The fraction of sp³-hybridized carbons (Fsp3) is 0.226. The summed E-state index contributed by atoms with van der Waals surface area (Å²) in [7, 11) is 1.53. The highest BCUT2D eigenvalue weighted by Crippen LogP contribution is 2.38. The van der Waals surface area contributed by atoms with Gasteiger partial charge in [0.05, 0.1) is 18.2 Å². The van der Waals surface area contributed by atoms with Gasteiger partial charge in [0.1, 0.15) is 11.4 Å². The van der Waals surface area contributed by atoms with Gasteiger partial charge in [-0.25, -0.2) is 9.97 Å². The molecule has 2 aromatic heterocycles. The second-order valence-corrected chi connectivity index (χ2v) is 10.1. The van der Waals surface area contributed by atoms with Gasteiger partial charge < -0.3 is 15.4 Å². The van der Waals surface area contributed by atoms with Gasteiger partial charge in [0.25, 0.3) is 11.8 Å². The third-order valence-electron chi connectivity index (χ3n) is 7.14. The Balaban J connectivity index is 1.33. The van der Waals surface area contributed by atoms with Crippen molar-refractivity contribution >= 4 is 17.5 Å². The molecule has 0 radical (unpaired) electrons. The highest BCUT2D eigenvalue weighted by atomic mass is 19.4. The number of methoxy groups -OCH3 is 1. The number of ether oxygens (including phenoxy) is 1. The summed E-state index contributed by atoms with van der Waals surface area (Å²) in [5, 5.41) is 4.94. The molecule has 0 aliphatic heterocycles. The average Bonchev–Trinajstić information content (AvgIpc) is 2.99. The molecule has 2 heterocycles. The molecule has 2 aromatic carbocycles. The molecule has 0 saturated carbocycles. The Morgan fingerprint density at radius 2 is 1.48 bits per heavy atom. The predicted octanol–water partition coefficient (Wildman–Crippen LogP) is 6.73. The number of nitrogens with one attached hydrogen (secondary N) is 2. The molecule has 13 heteroatoms. The SMILES string of the molecule is COc1ncccc1-c1cccc2c1CC(NC(=O)c1cccc(C(=O)Nc3cc(C(F)(F)F)cc(C(F)(F)F)c3)n1)CC2. The van der Waals surface area contributed by atoms with Gasteiger partial charge in [-0.3, -0.25) is 9.59 Å². The first-order chi connectivity index (χ1) is 20.8. The van der Waals surface area contributed by atoms with Gasteiger partial charge in [0.15, 0.2) is 0 Å². The van der Waals surface area contributed by atoms with Gasteiger partial charge in [0.2, 0.25) is 5.88 Å². The first kappa shape index (κ1) is 30.5. The van der Waals surface area contributed by atoms with Crippen LogP contribution in [0.5, 0.6) is 5.88 Å². The Labute approximate surface area is 247 Å². The van der Waals surface area contributed by atoms with Crippen molar-refractivity contribution in [2.24, 2.45) is 0 Å². The predicted molar refractivity (Wildman–Crippen MR) is 148 cm³/mol. The average molecular weight is 615 g/mol. The van der Waals surface area contributed by atoms with Crippen LogP contribution in [0.2, 0.25) is 0 Å². The highest BCUT2D eigenvalue weighted by Gasteiger charge is 2.37. The molecule has 4 aromatic rings. The van der Waals surface area contributed by atoms with Crippen LogP contribution in [0, 0.1) is 0 Å². The van der Waals surface area contributed by atoms with E-state index in [0.717, 1.165) is 22.3 Å². The van der Waals surface area contributed by atoms with Crippen molar-refractivity contribution in [3.05, 3.63) is 107 Å². The van der Waals surface area contributed by atoms with E-state index in [1.54, 1.807) is 12.3 Å². The summed E-state index contributed by atoms with van der Waals surface area (Å²) in [6.07, 6.45) is -6.73. The Bertz CT molecular complexity index is 1690. The van der Waals surface area contributed by atoms with Gasteiger partial charge in [0, 0.05) is 23.5 Å². The maximum absolute atomic E-state index is 13.2. The van der Waals surface area contributed by atoms with Crippen molar-refractivity contribution in [1.29, 1.82) is 0 Å². The molecule has 2 amide bonds. The lowest BCUT2D eigenvalue weighted by Crippen LogP contribution is -2.39. The van der Waals surface area contributed by atoms with Gasteiger partial charge in [-0.2, -0.15) is 26.3 Å². The molecule has 0 saturated heterocycles. The Morgan fingerprint density at radius 1 is 0.841 bits per heavy atom. The van der Waals surface area contributed by atoms with Crippen molar-refractivity contribution < 1.29 is 40.7 Å². The number of nitrogens with zero attached hydrogens (tertiary/aromatic N) is 2. The lowest BCUT2D eigenvalue weighted by atomic mass is 9.83. The molecule has 5 rings (SSSR count). The van der Waals surface area contributed by atoms with Crippen LogP contribution in [0.4, 0.5) is 32.0 Å². The quantitative estimate of drug-likeness (QED) is 0.235. The van der Waals surface area contributed by atoms with Gasteiger partial charge in [-0.15, -0.1) is 0 Å². The molecule has 0 bridgehead atoms. The zero-order valence-electron chi connectivity index (χ0n) is 23.0. The molecule has 228 valence electrons. The van der Waals surface area contributed by atoms with E-state index < -0.39 is 41.0 Å². The molecule has 1 aliphatic rings. The molecule has 1 aliphatic carbocycles. The number of aromatic nitrogens is 2. The lowest BCUT2D eigenvalue weighted by Gasteiger charge is -2.27. The Hall–Kier alpha value is -4.94. The summed E-state index contributed by atoms with van der Waals surface area (Å²) < 4.78 is 84.7. The number of fused-ring (bicyclic) bond motifs is 1. The minimum Gasteiger partial charge on any atom is -0.481 e. The number of carbonyl (C=O) groups is 2. The van der Waals surface area contributed by atoms with E-state index >= 15 is 0 Å². The Kier molecular flexibility index (Phi) is 8.31. The lowest BCUT2D eigenvalue weighted by molar-refractivity contribution is -0.143. The second-order valence-electron chi connectivity index (χ2n) is 10.1. The molecule has 44 heavy (non-hydrogen) atoms. The van der Waals surface area contributed by atoms with Crippen LogP contribution in [0.15, 0.2) is 72.9 Å². The van der Waals surface area contributed by atoms with Crippen molar-refractivity contribution in [1.82, 2.24) is 15.3 Å². The zero-order valence-corrected chi connectivity index (χ0v) is 23.0. The number of alkyl halides is 6. The number of aryl methyl sites for hydroxylation is 1. The van der Waals surface area contributed by atoms with Crippen LogP contribution in [0.25, 0.3) is 11.1 Å². The Morgan fingerprint density at radius 3 is 2.14 bits per heavy atom. The van der Waals surface area contributed by atoms with Crippen molar-refractivity contribution in [2.75, 3.05) is 12.4 Å². The van der Waals surface area contributed by atoms with Crippen LogP contribution in [0.1, 0.15) is 49.7 Å². The number of hydrogen-bond acceptors (Lipinski definition) is 5. The number of amides is 2. The van der Waals surface area contributed by atoms with E-state index in [9.17, 15) is 35.9 Å². The van der Waals surface area contributed by atoms with E-state index in [1.165, 1.54) is 25.3 Å². The number of carbonyl (C=O) groups excluding carboxylic acids is 2. The summed E-state index contributed by atoms with van der Waals surface area (Å²) in [5.41, 5.74) is -0.528. The summed E-state index contributed by atoms with van der Waals surface area (Å²) >= 11 is 0. The monoisotopic (exact) mass is 614 g/mol. The molecule has 1 atom stereocenters. The maximum atomic E-state index is 13.2. The summed E-state index contributed by atoms with van der Waals surface area (Å²) in [4.78, 5) is 34.2. The number of pyridine rings is 2. The smallest absolute Gasteiger partial charge is 0.416 e. The molecular weight excluding hydrogens is 590 g/mol. The maximum Gasteiger partial charge on any atom is 0.416 e. The van der Waals surface area contributed by atoms with E-state index in [1.807, 2.05) is 29.6 Å². The fourth-order valence-corrected chi connectivity index (χ4v) is 5.09. The van der Waals surface area contributed by atoms with Crippen molar-refractivity contribution in [3.63, 3.8) is 0 Å². The zero-order chi connectivity index (χ0) is 31.6. The second kappa shape index (κ2) is 12.0. The fourth-order valence-electron chi connectivity index (χ4n) is 5.09. The number of halogens is 6. The van der Waals surface area contributed by atoms with Crippen molar-refractivity contribution in [3.8, 4) is 17.0 Å². The van der Waals surface area contributed by atoms with Crippen LogP contribution < -0.4 is 15.4 Å². The number of rotatable bonds is 6. The summed E-state index contributed by atoms with van der Waals surface area (Å²) in [6.45, 7) is 0. The van der Waals surface area contributed by atoms with E-state index in [-0.39, 0.29) is 23.5 Å². The molecule has 0 fully saturated rings. The summed E-state index contributed by atoms with van der Waals surface area (Å²) in [5.74, 6) is -1.22. The van der Waals surface area contributed by atoms with E-state index in [4.69, 9.17) is 4.74 Å². The van der Waals surface area contributed by atoms with Crippen LogP contribution >= 0.6 is 0 Å². The normalized spacial score (nSPS) is 14.8. The van der Waals surface area contributed by atoms with Gasteiger partial charge >= 0.3 is 12.4 Å². The topological polar surface area (TPSA) is 93.2 Å². The van der Waals surface area contributed by atoms with Crippen molar-refractivity contribution in [2.45, 2.75) is 37.7 Å². The third kappa shape index (κ3) is 6.66. The summed E-state index contributed by atoms with van der Waals surface area (Å²) in [6, 6.07) is 13.9. The molecule has 2 N–H and O–H groups in total. The van der Waals surface area contributed by atoms with Crippen LogP contribution in [-0.2, 0) is 25.2 Å². The third-order valence-corrected chi connectivity index (χ3v) is 7.14. The standard InChI is InChI=1S/C31H24F6N4O3/c1-44-29-23(7-4-12-38-29)22-6-2-5-17-10-11-20(16-24(17)22)39-27(42)25-8-3-9-26(41-25)28(43)40-21-14-18(30(32,33)34)13-19(15-21)31(35,36)37/h2-9,12-15,20H,10-11,16H2,1H3,(H,39,42)(H,40,43). The molecular formula is C31H24F6N4O3. The number of hydrogen-bond donors (Lipinski definition) is 2. The van der Waals surface area contributed by atoms with Crippen LogP contribution in [0.3, 0.4) is 0 Å². The van der Waals surface area contributed by atoms with E-state index in [2.05, 4.69) is 15.3 Å². The van der Waals surface area contributed by atoms with Gasteiger partial charge in [-0.1, -0.05) is 24.3 Å². The minimum atomic E-state index is -5.08. The first-order valence-electron chi connectivity index (χ1n) is 13.3. The van der Waals surface area contributed by atoms with Gasteiger partial charge in [-0.05, 0) is 78.4 Å². The number of benzene rings is 2. The molecule has 1 unspecified atom stereocenters. The first-order valence-corrected chi connectivity index (χ1v) is 13.3. The van der Waals surface area contributed by atoms with E-state index in [0.29, 0.717) is 37.3 Å². The minimum absolute atomic E-state index is 0.0429. The number of anilines is 1. The largest absolute Gasteiger partial charge is 0.481 e. The molecule has 0 spiro atoms. The molecule has 7 nitrogen and oxygen atoms in total. The highest BCUT2D eigenvalue weighted by molar-refractivity contribution is 6.04.